The summed E-state index contributed by atoms with van der Waals surface area (Å²) in [4.78, 5) is 7.65. The van der Waals surface area contributed by atoms with Crippen molar-refractivity contribution in [1.82, 2.24) is 9.97 Å². The van der Waals surface area contributed by atoms with Crippen LogP contribution in [0.1, 0.15) is 5.82 Å². The first-order valence-corrected chi connectivity index (χ1v) is 5.35. The molecule has 0 unspecified atom stereocenters. The molecule has 0 atom stereocenters. The van der Waals surface area contributed by atoms with Gasteiger partial charge in [-0.05, 0) is 22.9 Å². The van der Waals surface area contributed by atoms with Crippen molar-refractivity contribution in [2.75, 3.05) is 6.61 Å². The van der Waals surface area contributed by atoms with Crippen LogP contribution in [0.15, 0.2) is 36.4 Å². The second-order valence-corrected chi connectivity index (χ2v) is 3.87. The SMILES string of the molecule is OCCc1nc2cc3ccccc3cc2[nH]1. The first-order valence-electron chi connectivity index (χ1n) is 5.35. The van der Waals surface area contributed by atoms with Gasteiger partial charge >= 0.3 is 0 Å². The van der Waals surface area contributed by atoms with Gasteiger partial charge in [-0.2, -0.15) is 0 Å². The number of nitrogens with one attached hydrogen (secondary N) is 1. The molecule has 0 spiro atoms. The van der Waals surface area contributed by atoms with Gasteiger partial charge in [0.05, 0.1) is 17.6 Å². The van der Waals surface area contributed by atoms with Gasteiger partial charge in [-0.1, -0.05) is 24.3 Å². The number of benzene rings is 2. The maximum absolute atomic E-state index is 8.87. The summed E-state index contributed by atoms with van der Waals surface area (Å²) in [5.74, 6) is 0.841. The Morgan fingerprint density at radius 3 is 2.62 bits per heavy atom. The summed E-state index contributed by atoms with van der Waals surface area (Å²) in [6.45, 7) is 0.124. The molecule has 1 heterocycles. The van der Waals surface area contributed by atoms with Crippen LogP contribution in [-0.4, -0.2) is 21.7 Å². The standard InChI is InChI=1S/C13H12N2O/c16-6-5-13-14-11-7-9-3-1-2-4-10(9)8-12(11)15-13/h1-4,7-8,16H,5-6H2,(H,14,15). The van der Waals surface area contributed by atoms with Crippen LogP contribution in [0.2, 0.25) is 0 Å². The van der Waals surface area contributed by atoms with E-state index in [2.05, 4.69) is 34.2 Å². The predicted molar refractivity (Wildman–Crippen MR) is 64.4 cm³/mol. The number of fused-ring (bicyclic) bond motifs is 2. The molecule has 0 radical (unpaired) electrons. The molecule has 1 aromatic heterocycles. The smallest absolute Gasteiger partial charge is 0.109 e. The van der Waals surface area contributed by atoms with Gasteiger partial charge in [-0.15, -0.1) is 0 Å². The summed E-state index contributed by atoms with van der Waals surface area (Å²) < 4.78 is 0. The quantitative estimate of drug-likeness (QED) is 0.684. The van der Waals surface area contributed by atoms with Crippen LogP contribution in [-0.2, 0) is 6.42 Å². The van der Waals surface area contributed by atoms with Crippen molar-refractivity contribution >= 4 is 21.8 Å². The molecule has 0 aliphatic rings. The minimum atomic E-state index is 0.124. The van der Waals surface area contributed by atoms with Crippen LogP contribution < -0.4 is 0 Å². The van der Waals surface area contributed by atoms with Gasteiger partial charge < -0.3 is 10.1 Å². The number of imidazole rings is 1. The zero-order chi connectivity index (χ0) is 11.0. The van der Waals surface area contributed by atoms with E-state index in [-0.39, 0.29) is 6.61 Å². The zero-order valence-electron chi connectivity index (χ0n) is 8.77. The average Bonchev–Trinajstić information content (AvgIpc) is 2.67. The van der Waals surface area contributed by atoms with E-state index >= 15 is 0 Å². The van der Waals surface area contributed by atoms with Crippen molar-refractivity contribution in [1.29, 1.82) is 0 Å². The molecule has 3 heteroatoms. The molecular formula is C13H12N2O. The lowest BCUT2D eigenvalue weighted by atomic mass is 10.1. The molecule has 0 aliphatic carbocycles. The van der Waals surface area contributed by atoms with Crippen molar-refractivity contribution in [3.05, 3.63) is 42.2 Å². The molecule has 3 aromatic rings. The third kappa shape index (κ3) is 1.46. The van der Waals surface area contributed by atoms with Gasteiger partial charge in [0.15, 0.2) is 0 Å². The summed E-state index contributed by atoms with van der Waals surface area (Å²) in [5, 5.41) is 11.3. The van der Waals surface area contributed by atoms with Crippen molar-refractivity contribution in [2.45, 2.75) is 6.42 Å². The highest BCUT2D eigenvalue weighted by Crippen LogP contribution is 2.21. The monoisotopic (exact) mass is 212 g/mol. The Balaban J connectivity index is 2.25. The highest BCUT2D eigenvalue weighted by Gasteiger charge is 2.03. The summed E-state index contributed by atoms with van der Waals surface area (Å²) in [6.07, 6.45) is 0.574. The van der Waals surface area contributed by atoms with E-state index in [1.807, 2.05) is 12.1 Å². The van der Waals surface area contributed by atoms with Gasteiger partial charge in [0, 0.05) is 6.42 Å². The second kappa shape index (κ2) is 3.61. The van der Waals surface area contributed by atoms with E-state index in [9.17, 15) is 0 Å². The summed E-state index contributed by atoms with van der Waals surface area (Å²) >= 11 is 0. The van der Waals surface area contributed by atoms with Crippen molar-refractivity contribution in [3.8, 4) is 0 Å². The van der Waals surface area contributed by atoms with Crippen LogP contribution in [0, 0.1) is 0 Å². The number of hydrogen-bond donors (Lipinski definition) is 2. The molecule has 2 N–H and O–H groups in total. The van der Waals surface area contributed by atoms with Gasteiger partial charge in [0.2, 0.25) is 0 Å². The molecule has 2 aromatic carbocycles. The fraction of sp³-hybridized carbons (Fsp3) is 0.154. The molecule has 0 amide bonds. The Labute approximate surface area is 92.7 Å². The number of hydrogen-bond acceptors (Lipinski definition) is 2. The molecule has 0 saturated heterocycles. The van der Waals surface area contributed by atoms with Crippen LogP contribution in [0.3, 0.4) is 0 Å². The average molecular weight is 212 g/mol. The fourth-order valence-electron chi connectivity index (χ4n) is 1.97. The van der Waals surface area contributed by atoms with E-state index in [0.29, 0.717) is 6.42 Å². The van der Waals surface area contributed by atoms with Gasteiger partial charge in [-0.3, -0.25) is 0 Å². The highest BCUT2D eigenvalue weighted by molar-refractivity contribution is 5.95. The Morgan fingerprint density at radius 1 is 1.12 bits per heavy atom. The summed E-state index contributed by atoms with van der Waals surface area (Å²) in [6, 6.07) is 12.4. The molecule has 3 rings (SSSR count). The first kappa shape index (κ1) is 9.36. The molecule has 0 saturated carbocycles. The topological polar surface area (TPSA) is 48.9 Å². The van der Waals surface area contributed by atoms with E-state index < -0.39 is 0 Å². The van der Waals surface area contributed by atoms with Crippen molar-refractivity contribution in [2.24, 2.45) is 0 Å². The minimum Gasteiger partial charge on any atom is -0.396 e. The van der Waals surface area contributed by atoms with Crippen LogP contribution >= 0.6 is 0 Å². The largest absolute Gasteiger partial charge is 0.396 e. The van der Waals surface area contributed by atoms with Crippen LogP contribution in [0.25, 0.3) is 21.8 Å². The number of aromatic nitrogens is 2. The van der Waals surface area contributed by atoms with Crippen LogP contribution in [0.5, 0.6) is 0 Å². The molecule has 0 fully saturated rings. The molecular weight excluding hydrogens is 200 g/mol. The lowest BCUT2D eigenvalue weighted by Gasteiger charge is -1.95. The number of rotatable bonds is 2. The third-order valence-electron chi connectivity index (χ3n) is 2.75. The first-order chi connectivity index (χ1) is 7.86. The van der Waals surface area contributed by atoms with Gasteiger partial charge in [0.25, 0.3) is 0 Å². The van der Waals surface area contributed by atoms with Gasteiger partial charge in [0.1, 0.15) is 5.82 Å². The summed E-state index contributed by atoms with van der Waals surface area (Å²) in [5.41, 5.74) is 1.99. The number of aliphatic hydroxyl groups is 1. The zero-order valence-corrected chi connectivity index (χ0v) is 8.77. The predicted octanol–water partition coefficient (Wildman–Crippen LogP) is 2.25. The van der Waals surface area contributed by atoms with Crippen molar-refractivity contribution in [3.63, 3.8) is 0 Å². The molecule has 80 valence electrons. The Hall–Kier alpha value is -1.87. The molecule has 0 aliphatic heterocycles. The van der Waals surface area contributed by atoms with Crippen molar-refractivity contribution < 1.29 is 5.11 Å². The third-order valence-corrected chi connectivity index (χ3v) is 2.75. The minimum absolute atomic E-state index is 0.124. The highest BCUT2D eigenvalue weighted by atomic mass is 16.3. The number of aliphatic hydroxyl groups excluding tert-OH is 1. The lowest BCUT2D eigenvalue weighted by Crippen LogP contribution is -1.91. The lowest BCUT2D eigenvalue weighted by molar-refractivity contribution is 0.297. The maximum Gasteiger partial charge on any atom is 0.109 e. The number of aromatic amines is 1. The molecule has 0 bridgehead atoms. The number of nitrogens with zero attached hydrogens (tertiary/aromatic N) is 1. The van der Waals surface area contributed by atoms with Crippen LogP contribution in [0.4, 0.5) is 0 Å². The fourth-order valence-corrected chi connectivity index (χ4v) is 1.97. The maximum atomic E-state index is 8.87. The number of H-pyrrole nitrogens is 1. The summed E-state index contributed by atoms with van der Waals surface area (Å²) in [7, 11) is 0. The van der Waals surface area contributed by atoms with Gasteiger partial charge in [-0.25, -0.2) is 4.98 Å². The van der Waals surface area contributed by atoms with E-state index in [4.69, 9.17) is 5.11 Å². The Bertz CT molecular complexity index is 590. The Morgan fingerprint density at radius 2 is 1.88 bits per heavy atom. The Kier molecular flexibility index (Phi) is 2.11. The normalized spacial score (nSPS) is 11.3. The van der Waals surface area contributed by atoms with E-state index in [1.165, 1.54) is 10.8 Å². The molecule has 3 nitrogen and oxygen atoms in total. The second-order valence-electron chi connectivity index (χ2n) is 3.87. The van der Waals surface area contributed by atoms with E-state index in [1.54, 1.807) is 0 Å². The molecule has 16 heavy (non-hydrogen) atoms. The van der Waals surface area contributed by atoms with E-state index in [0.717, 1.165) is 16.9 Å².